The Morgan fingerprint density at radius 2 is 1.84 bits per heavy atom. The first-order chi connectivity index (χ1) is 8.64. The average Bonchev–Trinajstić information content (AvgIpc) is 2.35. The van der Waals surface area contributed by atoms with E-state index in [0.717, 1.165) is 6.42 Å². The Labute approximate surface area is 116 Å². The Morgan fingerprint density at radius 1 is 1.32 bits per heavy atom. The molecule has 0 bridgehead atoms. The summed E-state index contributed by atoms with van der Waals surface area (Å²) in [6, 6.07) is -0.280. The van der Waals surface area contributed by atoms with E-state index in [4.69, 9.17) is 0 Å². The fourth-order valence-electron chi connectivity index (χ4n) is 1.59. The van der Waals surface area contributed by atoms with Crippen LogP contribution in [0.4, 0.5) is 0 Å². The topological polar surface area (TPSA) is 58.6 Å². The second-order valence-electron chi connectivity index (χ2n) is 5.77. The number of carbonyl (C=O) groups is 2. The van der Waals surface area contributed by atoms with Crippen LogP contribution in [0.1, 0.15) is 41.0 Å². The van der Waals surface area contributed by atoms with Crippen molar-refractivity contribution in [3.05, 3.63) is 0 Å². The molecule has 112 valence electrons. The maximum absolute atomic E-state index is 12.1. The standard InChI is InChI=1S/C14H28N2O3/c1-8-14(4,5)15-12(17)11(3)16(6)9-10(2)13(18)19-7/h10-11H,8-9H2,1-7H3,(H,15,17). The van der Waals surface area contributed by atoms with Gasteiger partial charge in [0.25, 0.3) is 0 Å². The molecule has 0 aromatic heterocycles. The predicted molar refractivity (Wildman–Crippen MR) is 75.8 cm³/mol. The van der Waals surface area contributed by atoms with E-state index in [1.165, 1.54) is 7.11 Å². The van der Waals surface area contributed by atoms with Crippen molar-refractivity contribution in [3.8, 4) is 0 Å². The second kappa shape index (κ2) is 7.48. The minimum Gasteiger partial charge on any atom is -0.469 e. The normalized spacial score (nSPS) is 14.9. The Kier molecular flexibility index (Phi) is 7.05. The summed E-state index contributed by atoms with van der Waals surface area (Å²) < 4.78 is 4.68. The predicted octanol–water partition coefficient (Wildman–Crippen LogP) is 1.42. The number of nitrogens with one attached hydrogen (secondary N) is 1. The highest BCUT2D eigenvalue weighted by Gasteiger charge is 2.26. The molecule has 1 amide bonds. The van der Waals surface area contributed by atoms with Gasteiger partial charge in [-0.2, -0.15) is 0 Å². The van der Waals surface area contributed by atoms with Crippen LogP contribution >= 0.6 is 0 Å². The molecule has 0 aliphatic heterocycles. The summed E-state index contributed by atoms with van der Waals surface area (Å²) in [5, 5.41) is 3.01. The molecular weight excluding hydrogens is 244 g/mol. The summed E-state index contributed by atoms with van der Waals surface area (Å²) >= 11 is 0. The number of esters is 1. The van der Waals surface area contributed by atoms with Crippen LogP contribution in [0, 0.1) is 5.92 Å². The largest absolute Gasteiger partial charge is 0.469 e. The van der Waals surface area contributed by atoms with Gasteiger partial charge in [0.15, 0.2) is 0 Å². The molecule has 19 heavy (non-hydrogen) atoms. The first-order valence-electron chi connectivity index (χ1n) is 6.74. The van der Waals surface area contributed by atoms with E-state index >= 15 is 0 Å². The molecule has 5 heteroatoms. The van der Waals surface area contributed by atoms with Crippen molar-refractivity contribution in [2.24, 2.45) is 5.92 Å². The van der Waals surface area contributed by atoms with Crippen molar-refractivity contribution in [2.75, 3.05) is 20.7 Å². The molecule has 0 radical (unpaired) electrons. The van der Waals surface area contributed by atoms with Gasteiger partial charge in [-0.05, 0) is 34.2 Å². The van der Waals surface area contributed by atoms with Crippen molar-refractivity contribution in [2.45, 2.75) is 52.6 Å². The van der Waals surface area contributed by atoms with Crippen LogP contribution in [0.15, 0.2) is 0 Å². The van der Waals surface area contributed by atoms with Crippen molar-refractivity contribution >= 4 is 11.9 Å². The van der Waals surface area contributed by atoms with Gasteiger partial charge in [-0.15, -0.1) is 0 Å². The highest BCUT2D eigenvalue weighted by molar-refractivity contribution is 5.82. The van der Waals surface area contributed by atoms with Gasteiger partial charge in [-0.1, -0.05) is 13.8 Å². The lowest BCUT2D eigenvalue weighted by molar-refractivity contribution is -0.146. The van der Waals surface area contributed by atoms with Gasteiger partial charge < -0.3 is 10.1 Å². The monoisotopic (exact) mass is 272 g/mol. The van der Waals surface area contributed by atoms with Crippen molar-refractivity contribution in [1.29, 1.82) is 0 Å². The maximum atomic E-state index is 12.1. The number of rotatable bonds is 7. The van der Waals surface area contributed by atoms with Crippen LogP contribution in [0.5, 0.6) is 0 Å². The number of nitrogens with zero attached hydrogens (tertiary/aromatic N) is 1. The maximum Gasteiger partial charge on any atom is 0.309 e. The molecule has 0 saturated heterocycles. The lowest BCUT2D eigenvalue weighted by atomic mass is 10.0. The SMILES string of the molecule is CCC(C)(C)NC(=O)C(C)N(C)CC(C)C(=O)OC. The van der Waals surface area contributed by atoms with E-state index in [-0.39, 0.29) is 29.4 Å². The summed E-state index contributed by atoms with van der Waals surface area (Å²) in [7, 11) is 3.21. The van der Waals surface area contributed by atoms with Gasteiger partial charge in [0.05, 0.1) is 19.1 Å². The molecule has 0 aliphatic rings. The van der Waals surface area contributed by atoms with Crippen LogP contribution in [-0.2, 0) is 14.3 Å². The molecule has 0 fully saturated rings. The molecular formula is C14H28N2O3. The summed E-state index contributed by atoms with van der Waals surface area (Å²) in [4.78, 5) is 25.3. The third kappa shape index (κ3) is 6.05. The molecule has 2 atom stereocenters. The average molecular weight is 272 g/mol. The van der Waals surface area contributed by atoms with E-state index in [1.807, 2.05) is 39.6 Å². The van der Waals surface area contributed by atoms with Gasteiger partial charge in [-0.25, -0.2) is 0 Å². The summed E-state index contributed by atoms with van der Waals surface area (Å²) in [6.45, 7) is 10.2. The molecule has 5 nitrogen and oxygen atoms in total. The van der Waals surface area contributed by atoms with Gasteiger partial charge in [0.1, 0.15) is 0 Å². The highest BCUT2D eigenvalue weighted by Crippen LogP contribution is 2.09. The van der Waals surface area contributed by atoms with Crippen molar-refractivity contribution in [1.82, 2.24) is 10.2 Å². The molecule has 0 heterocycles. The minimum absolute atomic E-state index is 0.0218. The Morgan fingerprint density at radius 3 is 2.26 bits per heavy atom. The Balaban J connectivity index is 4.44. The van der Waals surface area contributed by atoms with Crippen LogP contribution in [0.3, 0.4) is 0 Å². The number of ether oxygens (including phenoxy) is 1. The number of carbonyl (C=O) groups excluding carboxylic acids is 2. The highest BCUT2D eigenvalue weighted by atomic mass is 16.5. The molecule has 0 aromatic carbocycles. The second-order valence-corrected chi connectivity index (χ2v) is 5.77. The van der Waals surface area contributed by atoms with E-state index < -0.39 is 0 Å². The third-order valence-electron chi connectivity index (χ3n) is 3.55. The first kappa shape index (κ1) is 17.9. The first-order valence-corrected chi connectivity index (χ1v) is 6.74. The van der Waals surface area contributed by atoms with Crippen LogP contribution < -0.4 is 5.32 Å². The van der Waals surface area contributed by atoms with Crippen LogP contribution in [-0.4, -0.2) is 49.1 Å². The van der Waals surface area contributed by atoms with Crippen LogP contribution in [0.2, 0.25) is 0 Å². The zero-order valence-electron chi connectivity index (χ0n) is 13.2. The molecule has 0 aliphatic carbocycles. The Bertz CT molecular complexity index is 316. The van der Waals surface area contributed by atoms with E-state index in [9.17, 15) is 9.59 Å². The van der Waals surface area contributed by atoms with E-state index in [1.54, 1.807) is 6.92 Å². The zero-order chi connectivity index (χ0) is 15.2. The summed E-state index contributed by atoms with van der Waals surface area (Å²) in [5.74, 6) is -0.524. The third-order valence-corrected chi connectivity index (χ3v) is 3.55. The molecule has 0 saturated carbocycles. The minimum atomic E-state index is -0.280. The number of hydrogen-bond donors (Lipinski definition) is 1. The molecule has 0 spiro atoms. The number of likely N-dealkylation sites (N-methyl/N-ethyl adjacent to an activating group) is 1. The van der Waals surface area contributed by atoms with Gasteiger partial charge >= 0.3 is 5.97 Å². The van der Waals surface area contributed by atoms with E-state index in [0.29, 0.717) is 6.54 Å². The smallest absolute Gasteiger partial charge is 0.309 e. The van der Waals surface area contributed by atoms with Crippen molar-refractivity contribution in [3.63, 3.8) is 0 Å². The number of amides is 1. The van der Waals surface area contributed by atoms with Gasteiger partial charge in [-0.3, -0.25) is 14.5 Å². The lowest BCUT2D eigenvalue weighted by Gasteiger charge is -2.30. The fourth-order valence-corrected chi connectivity index (χ4v) is 1.59. The van der Waals surface area contributed by atoms with Crippen molar-refractivity contribution < 1.29 is 14.3 Å². The van der Waals surface area contributed by atoms with Crippen LogP contribution in [0.25, 0.3) is 0 Å². The number of methoxy groups -OCH3 is 1. The molecule has 0 rings (SSSR count). The Hall–Kier alpha value is -1.10. The number of hydrogen-bond acceptors (Lipinski definition) is 4. The van der Waals surface area contributed by atoms with Gasteiger partial charge in [0.2, 0.25) is 5.91 Å². The van der Waals surface area contributed by atoms with E-state index in [2.05, 4.69) is 10.1 Å². The fraction of sp³-hybridized carbons (Fsp3) is 0.857. The van der Waals surface area contributed by atoms with Gasteiger partial charge in [0, 0.05) is 12.1 Å². The molecule has 1 N–H and O–H groups in total. The summed E-state index contributed by atoms with van der Waals surface area (Å²) in [5.41, 5.74) is -0.208. The molecule has 0 aromatic rings. The quantitative estimate of drug-likeness (QED) is 0.712. The molecule has 2 unspecified atom stereocenters. The summed E-state index contributed by atoms with van der Waals surface area (Å²) in [6.07, 6.45) is 0.869. The lowest BCUT2D eigenvalue weighted by Crippen LogP contribution is -2.52. The zero-order valence-corrected chi connectivity index (χ0v) is 13.2.